The smallest absolute Gasteiger partial charge is 0.269 e. The fraction of sp³-hybridized carbons (Fsp3) is 0.125. The highest BCUT2D eigenvalue weighted by atomic mass is 35.5. The molecule has 1 aromatic heterocycles. The van der Waals surface area contributed by atoms with Crippen LogP contribution in [0.5, 0.6) is 11.5 Å². The van der Waals surface area contributed by atoms with Gasteiger partial charge in [0.05, 0.1) is 36.4 Å². The number of nitro benzene ring substituents is 1. The Morgan fingerprint density at radius 1 is 0.938 bits per heavy atom. The van der Waals surface area contributed by atoms with E-state index in [1.54, 1.807) is 31.0 Å². The molecule has 162 valence electrons. The average Bonchev–Trinajstić information content (AvgIpc) is 3.14. The standard InChI is InChI=1S/C24H20ClN3O4/c1-31-20-10-6-17(7-11-20)23-22(25)24(18-8-12-21(32-2)13-9-18)27(26-23)15-16-4-3-5-19(14-16)28(29)30/h3-14H,15H2,1-2H3. The maximum Gasteiger partial charge on any atom is 0.269 e. The Balaban J connectivity index is 1.82. The highest BCUT2D eigenvalue weighted by Crippen LogP contribution is 2.38. The molecule has 0 fully saturated rings. The summed E-state index contributed by atoms with van der Waals surface area (Å²) in [6.07, 6.45) is 0. The van der Waals surface area contributed by atoms with Crippen LogP contribution in [0.2, 0.25) is 5.02 Å². The van der Waals surface area contributed by atoms with E-state index in [9.17, 15) is 10.1 Å². The number of methoxy groups -OCH3 is 2. The molecular weight excluding hydrogens is 430 g/mol. The Kier molecular flexibility index (Phi) is 6.09. The van der Waals surface area contributed by atoms with E-state index >= 15 is 0 Å². The minimum atomic E-state index is -0.410. The molecule has 7 nitrogen and oxygen atoms in total. The first-order valence-electron chi connectivity index (χ1n) is 9.78. The van der Waals surface area contributed by atoms with E-state index in [1.807, 2.05) is 54.6 Å². The van der Waals surface area contributed by atoms with Crippen molar-refractivity contribution in [2.24, 2.45) is 0 Å². The van der Waals surface area contributed by atoms with Crippen molar-refractivity contribution in [3.05, 3.63) is 93.5 Å². The molecule has 0 atom stereocenters. The summed E-state index contributed by atoms with van der Waals surface area (Å²) in [6, 6.07) is 21.5. The van der Waals surface area contributed by atoms with Gasteiger partial charge in [-0.05, 0) is 54.1 Å². The van der Waals surface area contributed by atoms with Crippen LogP contribution < -0.4 is 9.47 Å². The van der Waals surface area contributed by atoms with Gasteiger partial charge in [-0.3, -0.25) is 14.8 Å². The topological polar surface area (TPSA) is 79.4 Å². The van der Waals surface area contributed by atoms with Gasteiger partial charge in [-0.2, -0.15) is 5.10 Å². The van der Waals surface area contributed by atoms with Gasteiger partial charge in [0.1, 0.15) is 17.2 Å². The van der Waals surface area contributed by atoms with E-state index in [-0.39, 0.29) is 5.69 Å². The monoisotopic (exact) mass is 449 g/mol. The summed E-state index contributed by atoms with van der Waals surface area (Å²) in [6.45, 7) is 0.318. The zero-order valence-corrected chi connectivity index (χ0v) is 18.2. The zero-order valence-electron chi connectivity index (χ0n) is 17.5. The first-order chi connectivity index (χ1) is 15.5. The minimum Gasteiger partial charge on any atom is -0.497 e. The molecule has 0 spiro atoms. The molecule has 0 saturated carbocycles. The number of hydrogen-bond acceptors (Lipinski definition) is 5. The number of ether oxygens (including phenoxy) is 2. The van der Waals surface area contributed by atoms with Gasteiger partial charge < -0.3 is 9.47 Å². The summed E-state index contributed by atoms with van der Waals surface area (Å²) in [7, 11) is 3.22. The molecule has 4 rings (SSSR count). The molecule has 1 heterocycles. The fourth-order valence-electron chi connectivity index (χ4n) is 3.45. The van der Waals surface area contributed by atoms with Crippen molar-refractivity contribution in [2.75, 3.05) is 14.2 Å². The first kappa shape index (κ1) is 21.4. The van der Waals surface area contributed by atoms with Crippen LogP contribution in [0.4, 0.5) is 5.69 Å². The van der Waals surface area contributed by atoms with Crippen LogP contribution in [-0.4, -0.2) is 28.9 Å². The molecule has 3 aromatic carbocycles. The van der Waals surface area contributed by atoms with Gasteiger partial charge in [0, 0.05) is 23.3 Å². The van der Waals surface area contributed by atoms with Crippen molar-refractivity contribution >= 4 is 17.3 Å². The van der Waals surface area contributed by atoms with Crippen molar-refractivity contribution in [3.8, 4) is 34.0 Å². The maximum atomic E-state index is 11.2. The SMILES string of the molecule is COc1ccc(-c2nn(Cc3cccc([N+](=O)[O-])c3)c(-c3ccc(OC)cc3)c2Cl)cc1. The molecule has 0 unspecified atom stereocenters. The number of rotatable bonds is 7. The number of nitrogens with zero attached hydrogens (tertiary/aromatic N) is 3. The Bertz CT molecular complexity index is 1250. The van der Waals surface area contributed by atoms with Crippen LogP contribution >= 0.6 is 11.6 Å². The van der Waals surface area contributed by atoms with Gasteiger partial charge in [-0.1, -0.05) is 23.7 Å². The lowest BCUT2D eigenvalue weighted by Gasteiger charge is -2.09. The maximum absolute atomic E-state index is 11.2. The van der Waals surface area contributed by atoms with Gasteiger partial charge in [0.25, 0.3) is 5.69 Å². The van der Waals surface area contributed by atoms with Crippen molar-refractivity contribution in [1.29, 1.82) is 0 Å². The third-order valence-corrected chi connectivity index (χ3v) is 5.43. The van der Waals surface area contributed by atoms with Crippen LogP contribution in [0.1, 0.15) is 5.56 Å². The van der Waals surface area contributed by atoms with Crippen molar-refractivity contribution in [3.63, 3.8) is 0 Å². The molecule has 0 saturated heterocycles. The summed E-state index contributed by atoms with van der Waals surface area (Å²) in [4.78, 5) is 10.8. The van der Waals surface area contributed by atoms with Gasteiger partial charge in [0.15, 0.2) is 0 Å². The predicted octanol–water partition coefficient (Wildman–Crippen LogP) is 5.84. The first-order valence-corrected chi connectivity index (χ1v) is 10.2. The lowest BCUT2D eigenvalue weighted by Crippen LogP contribution is -2.04. The quantitative estimate of drug-likeness (QED) is 0.261. The fourth-order valence-corrected chi connectivity index (χ4v) is 3.81. The van der Waals surface area contributed by atoms with Crippen molar-refractivity contribution < 1.29 is 14.4 Å². The summed E-state index contributed by atoms with van der Waals surface area (Å²) in [5.74, 6) is 1.46. The Labute approximate surface area is 189 Å². The van der Waals surface area contributed by atoms with Crippen LogP contribution in [0, 0.1) is 10.1 Å². The van der Waals surface area contributed by atoms with E-state index in [4.69, 9.17) is 26.2 Å². The third kappa shape index (κ3) is 4.29. The Morgan fingerprint density at radius 3 is 2.09 bits per heavy atom. The summed E-state index contributed by atoms with van der Waals surface area (Å²) < 4.78 is 12.3. The van der Waals surface area contributed by atoms with Gasteiger partial charge in [0.2, 0.25) is 0 Å². The zero-order chi connectivity index (χ0) is 22.7. The molecule has 0 aliphatic rings. The summed E-state index contributed by atoms with van der Waals surface area (Å²) in [5, 5.41) is 16.4. The molecule has 0 radical (unpaired) electrons. The van der Waals surface area contributed by atoms with E-state index in [2.05, 4.69) is 0 Å². The van der Waals surface area contributed by atoms with Crippen LogP contribution in [0.25, 0.3) is 22.5 Å². The van der Waals surface area contributed by atoms with E-state index in [0.717, 1.165) is 28.2 Å². The Hall–Kier alpha value is -3.84. The molecule has 0 bridgehead atoms. The molecule has 0 N–H and O–H groups in total. The number of benzene rings is 3. The molecule has 8 heteroatoms. The lowest BCUT2D eigenvalue weighted by atomic mass is 10.1. The van der Waals surface area contributed by atoms with Crippen LogP contribution in [0.15, 0.2) is 72.8 Å². The number of nitro groups is 1. The molecule has 32 heavy (non-hydrogen) atoms. The number of hydrogen-bond donors (Lipinski definition) is 0. The van der Waals surface area contributed by atoms with E-state index in [0.29, 0.717) is 23.0 Å². The van der Waals surface area contributed by atoms with E-state index in [1.165, 1.54) is 6.07 Å². The molecule has 4 aromatic rings. The summed E-state index contributed by atoms with van der Waals surface area (Å²) in [5.41, 5.74) is 3.80. The second-order valence-electron chi connectivity index (χ2n) is 7.05. The second-order valence-corrected chi connectivity index (χ2v) is 7.43. The van der Waals surface area contributed by atoms with E-state index < -0.39 is 4.92 Å². The third-order valence-electron chi connectivity index (χ3n) is 5.08. The highest BCUT2D eigenvalue weighted by Gasteiger charge is 2.20. The number of aromatic nitrogens is 2. The largest absolute Gasteiger partial charge is 0.497 e. The van der Waals surface area contributed by atoms with Gasteiger partial charge >= 0.3 is 0 Å². The van der Waals surface area contributed by atoms with Crippen molar-refractivity contribution in [2.45, 2.75) is 6.54 Å². The molecule has 0 amide bonds. The Morgan fingerprint density at radius 2 is 1.53 bits per heavy atom. The van der Waals surface area contributed by atoms with Gasteiger partial charge in [-0.15, -0.1) is 0 Å². The molecular formula is C24H20ClN3O4. The van der Waals surface area contributed by atoms with Crippen LogP contribution in [0.3, 0.4) is 0 Å². The normalized spacial score (nSPS) is 10.7. The molecule has 0 aliphatic carbocycles. The average molecular weight is 450 g/mol. The number of non-ortho nitro benzene ring substituents is 1. The van der Waals surface area contributed by atoms with Crippen molar-refractivity contribution in [1.82, 2.24) is 9.78 Å². The second kappa shape index (κ2) is 9.11. The summed E-state index contributed by atoms with van der Waals surface area (Å²) >= 11 is 6.84. The highest BCUT2D eigenvalue weighted by molar-refractivity contribution is 6.35. The molecule has 0 aliphatic heterocycles. The predicted molar refractivity (Wildman–Crippen MR) is 123 cm³/mol. The van der Waals surface area contributed by atoms with Gasteiger partial charge in [-0.25, -0.2) is 0 Å². The van der Waals surface area contributed by atoms with Crippen LogP contribution in [-0.2, 0) is 6.54 Å². The lowest BCUT2D eigenvalue weighted by molar-refractivity contribution is -0.384. The number of halogens is 1. The minimum absolute atomic E-state index is 0.0297.